The third kappa shape index (κ3) is 4.37. The van der Waals surface area contributed by atoms with Gasteiger partial charge in [0.15, 0.2) is 5.89 Å². The number of carbonyl (C=O) groups excluding carboxylic acids is 1. The highest BCUT2D eigenvalue weighted by atomic mass is 16.3. The number of amides is 1. The van der Waals surface area contributed by atoms with Crippen LogP contribution in [0.5, 0.6) is 0 Å². The molecule has 0 aromatic carbocycles. The minimum atomic E-state index is -0.785. The van der Waals surface area contributed by atoms with Gasteiger partial charge in [-0.3, -0.25) is 4.79 Å². The zero-order valence-corrected chi connectivity index (χ0v) is 15.1. The van der Waals surface area contributed by atoms with Crippen LogP contribution in [0.25, 0.3) is 0 Å². The number of aryl methyl sites for hydroxylation is 1. The van der Waals surface area contributed by atoms with E-state index in [0.717, 1.165) is 11.3 Å². The van der Waals surface area contributed by atoms with Gasteiger partial charge in [-0.15, -0.1) is 6.58 Å². The molecular weight excluding hydrogens is 316 g/mol. The van der Waals surface area contributed by atoms with Crippen LogP contribution in [0.1, 0.15) is 25.5 Å². The van der Waals surface area contributed by atoms with Gasteiger partial charge in [0.05, 0.1) is 17.7 Å². The van der Waals surface area contributed by atoms with Crippen molar-refractivity contribution < 1.29 is 14.3 Å². The highest BCUT2D eigenvalue weighted by Crippen LogP contribution is 2.37. The fourth-order valence-electron chi connectivity index (χ4n) is 2.94. The van der Waals surface area contributed by atoms with Crippen molar-refractivity contribution in [3.63, 3.8) is 0 Å². The summed E-state index contributed by atoms with van der Waals surface area (Å²) < 4.78 is 5.38. The summed E-state index contributed by atoms with van der Waals surface area (Å²) in [4.78, 5) is 17.9. The number of nitrogens with zero attached hydrogens (tertiary/aromatic N) is 2. The Kier molecular flexibility index (Phi) is 6.15. The summed E-state index contributed by atoms with van der Waals surface area (Å²) >= 11 is 0. The van der Waals surface area contributed by atoms with E-state index in [4.69, 9.17) is 4.42 Å². The van der Waals surface area contributed by atoms with Gasteiger partial charge in [-0.1, -0.05) is 36.5 Å². The molecule has 1 saturated heterocycles. The summed E-state index contributed by atoms with van der Waals surface area (Å²) in [5.41, 5.74) is 0.0295. The van der Waals surface area contributed by atoms with Gasteiger partial charge >= 0.3 is 0 Å². The molecule has 0 radical (unpaired) electrons. The van der Waals surface area contributed by atoms with Gasteiger partial charge in [-0.2, -0.15) is 0 Å². The number of hydrogen-bond acceptors (Lipinski definition) is 4. The van der Waals surface area contributed by atoms with Gasteiger partial charge in [0, 0.05) is 26.4 Å². The van der Waals surface area contributed by atoms with Crippen LogP contribution < -0.4 is 0 Å². The zero-order valence-electron chi connectivity index (χ0n) is 15.1. The molecule has 2 unspecified atom stereocenters. The van der Waals surface area contributed by atoms with E-state index in [0.29, 0.717) is 25.4 Å². The third-order valence-corrected chi connectivity index (χ3v) is 4.38. The maximum atomic E-state index is 12.2. The van der Waals surface area contributed by atoms with E-state index in [-0.39, 0.29) is 5.91 Å². The van der Waals surface area contributed by atoms with Crippen LogP contribution in [0.4, 0.5) is 0 Å². The molecule has 1 aromatic rings. The first-order chi connectivity index (χ1) is 11.9. The maximum Gasteiger partial charge on any atom is 0.233 e. The summed E-state index contributed by atoms with van der Waals surface area (Å²) in [6, 6.07) is 0. The second-order valence-electron chi connectivity index (χ2n) is 6.57. The van der Waals surface area contributed by atoms with Crippen LogP contribution in [-0.2, 0) is 11.2 Å². The minimum Gasteiger partial charge on any atom is -0.446 e. The lowest BCUT2D eigenvalue weighted by Gasteiger charge is -2.49. The maximum absolute atomic E-state index is 12.2. The van der Waals surface area contributed by atoms with Crippen molar-refractivity contribution in [1.82, 2.24) is 9.88 Å². The molecule has 0 spiro atoms. The molecule has 0 saturated carbocycles. The number of carbonyl (C=O) groups is 1. The Hall–Kier alpha value is -2.40. The normalized spacial score (nSPS) is 22.6. The second kappa shape index (κ2) is 8.12. The average Bonchev–Trinajstić information content (AvgIpc) is 3.01. The highest BCUT2D eigenvalue weighted by molar-refractivity contribution is 5.89. The molecular formula is C20H26N2O3. The number of likely N-dealkylation sites (tertiary alicyclic amines) is 1. The van der Waals surface area contributed by atoms with E-state index in [1.54, 1.807) is 24.1 Å². The molecule has 1 amide bonds. The van der Waals surface area contributed by atoms with E-state index in [1.165, 1.54) is 0 Å². The number of rotatable bonds is 8. The van der Waals surface area contributed by atoms with Gasteiger partial charge in [-0.05, 0) is 19.4 Å². The molecule has 0 aliphatic carbocycles. The molecule has 2 heterocycles. The number of β-lactam (4-membered cyclic amide) rings is 1. The lowest BCUT2D eigenvalue weighted by Crippen LogP contribution is -2.64. The summed E-state index contributed by atoms with van der Waals surface area (Å²) in [5.74, 6) is 1.46. The van der Waals surface area contributed by atoms with Crippen LogP contribution in [0.2, 0.25) is 0 Å². The van der Waals surface area contributed by atoms with E-state index in [1.807, 2.05) is 44.2 Å². The molecule has 1 fully saturated rings. The van der Waals surface area contributed by atoms with Crippen LogP contribution >= 0.6 is 0 Å². The van der Waals surface area contributed by atoms with Crippen LogP contribution in [0.15, 0.2) is 59.2 Å². The Balaban J connectivity index is 1.85. The first-order valence-electron chi connectivity index (χ1n) is 8.38. The number of aliphatic hydroxyl groups is 1. The molecule has 134 valence electrons. The molecule has 5 nitrogen and oxygen atoms in total. The molecule has 1 aliphatic heterocycles. The smallest absolute Gasteiger partial charge is 0.233 e. The van der Waals surface area contributed by atoms with E-state index >= 15 is 0 Å². The van der Waals surface area contributed by atoms with Gasteiger partial charge in [0.25, 0.3) is 0 Å². The van der Waals surface area contributed by atoms with E-state index < -0.39 is 11.5 Å². The van der Waals surface area contributed by atoms with Crippen molar-refractivity contribution in [2.45, 2.75) is 33.3 Å². The highest BCUT2D eigenvalue weighted by Gasteiger charge is 2.52. The van der Waals surface area contributed by atoms with Crippen molar-refractivity contribution in [2.24, 2.45) is 5.41 Å². The quantitative estimate of drug-likeness (QED) is 0.448. The van der Waals surface area contributed by atoms with Crippen molar-refractivity contribution in [2.75, 3.05) is 13.1 Å². The summed E-state index contributed by atoms with van der Waals surface area (Å²) in [6.45, 7) is 10.2. The number of hydrogen-bond donors (Lipinski definition) is 1. The molecule has 1 aromatic heterocycles. The molecule has 1 aliphatic rings. The standard InChI is InChI=1S/C20H26N2O3/c1-5-12-22-14-20(4,19(22)24)18(23)15(2)10-8-6-7-9-11-17-13-21-16(3)25-17/h5-10,13,18,23H,1,11-12,14H2,2-4H3/b8-6-,9-7+,15-10-. The van der Waals surface area contributed by atoms with E-state index in [2.05, 4.69) is 11.6 Å². The van der Waals surface area contributed by atoms with Gasteiger partial charge < -0.3 is 14.4 Å². The summed E-state index contributed by atoms with van der Waals surface area (Å²) in [6.07, 6.45) is 12.8. The van der Waals surface area contributed by atoms with Crippen molar-refractivity contribution >= 4 is 5.91 Å². The minimum absolute atomic E-state index is 0.0288. The fraction of sp³-hybridized carbons (Fsp3) is 0.400. The average molecular weight is 342 g/mol. The monoisotopic (exact) mass is 342 g/mol. The van der Waals surface area contributed by atoms with Crippen molar-refractivity contribution in [3.8, 4) is 0 Å². The molecule has 5 heteroatoms. The Morgan fingerprint density at radius 1 is 1.52 bits per heavy atom. The Morgan fingerprint density at radius 3 is 2.88 bits per heavy atom. The lowest BCUT2D eigenvalue weighted by molar-refractivity contribution is -0.166. The summed E-state index contributed by atoms with van der Waals surface area (Å²) in [7, 11) is 0. The Labute approximate surface area is 149 Å². The number of aromatic nitrogens is 1. The van der Waals surface area contributed by atoms with Crippen LogP contribution in [-0.4, -0.2) is 40.1 Å². The van der Waals surface area contributed by atoms with Crippen molar-refractivity contribution in [1.29, 1.82) is 0 Å². The molecule has 0 bridgehead atoms. The fourth-order valence-corrected chi connectivity index (χ4v) is 2.94. The van der Waals surface area contributed by atoms with Crippen LogP contribution in [0, 0.1) is 12.3 Å². The van der Waals surface area contributed by atoms with Gasteiger partial charge in [0.1, 0.15) is 5.76 Å². The predicted octanol–water partition coefficient (Wildman–Crippen LogP) is 2.98. The lowest BCUT2D eigenvalue weighted by atomic mass is 9.73. The van der Waals surface area contributed by atoms with E-state index in [9.17, 15) is 9.90 Å². The predicted molar refractivity (Wildman–Crippen MR) is 97.9 cm³/mol. The zero-order chi connectivity index (χ0) is 18.4. The molecule has 2 atom stereocenters. The van der Waals surface area contributed by atoms with Crippen LogP contribution in [0.3, 0.4) is 0 Å². The summed E-state index contributed by atoms with van der Waals surface area (Å²) in [5, 5.41) is 10.5. The number of allylic oxidation sites excluding steroid dienone is 5. The molecule has 25 heavy (non-hydrogen) atoms. The number of aliphatic hydroxyl groups excluding tert-OH is 1. The Morgan fingerprint density at radius 2 is 2.28 bits per heavy atom. The number of oxazole rings is 1. The topological polar surface area (TPSA) is 66.6 Å². The first-order valence-corrected chi connectivity index (χ1v) is 8.38. The Bertz CT molecular complexity index is 714. The van der Waals surface area contributed by atoms with Crippen molar-refractivity contribution in [3.05, 3.63) is 66.5 Å². The molecule has 2 rings (SSSR count). The third-order valence-electron chi connectivity index (χ3n) is 4.38. The van der Waals surface area contributed by atoms with Gasteiger partial charge in [0.2, 0.25) is 5.91 Å². The largest absolute Gasteiger partial charge is 0.446 e. The second-order valence-corrected chi connectivity index (χ2v) is 6.57. The molecule has 1 N–H and O–H groups in total. The SMILES string of the molecule is C=CCN1CC(C)(C(O)\C(C)=C/C=C\C=C\Cc2cnc(C)o2)C1=O. The van der Waals surface area contributed by atoms with Gasteiger partial charge in [-0.25, -0.2) is 4.98 Å². The first kappa shape index (κ1) is 18.9.